The number of amides is 2. The molecule has 9 heteroatoms. The maximum Gasteiger partial charge on any atom is 0.410 e. The molecule has 2 aromatic rings. The summed E-state index contributed by atoms with van der Waals surface area (Å²) >= 11 is 7.39. The first-order valence-corrected chi connectivity index (χ1v) is 11.0. The molecule has 0 aliphatic carbocycles. The number of halogens is 1. The molecule has 1 atom stereocenters. The summed E-state index contributed by atoms with van der Waals surface area (Å²) in [6, 6.07) is 10.1. The molecule has 0 N–H and O–H groups in total. The average Bonchev–Trinajstić information content (AvgIpc) is 3.38. The van der Waals surface area contributed by atoms with Crippen molar-refractivity contribution in [2.24, 2.45) is 0 Å². The summed E-state index contributed by atoms with van der Waals surface area (Å²) in [5.74, 6) is -0.579. The van der Waals surface area contributed by atoms with E-state index in [9.17, 15) is 14.4 Å². The molecule has 2 saturated heterocycles. The second kappa shape index (κ2) is 9.06. The SMILES string of the molecule is O=C(OCc1ccccc1)C1COC(=O)N1C1CCN(C(=O)c2sccc2Cl)CC1. The van der Waals surface area contributed by atoms with Gasteiger partial charge in [-0.3, -0.25) is 9.69 Å². The van der Waals surface area contributed by atoms with E-state index in [1.54, 1.807) is 16.3 Å². The summed E-state index contributed by atoms with van der Waals surface area (Å²) in [7, 11) is 0. The van der Waals surface area contributed by atoms with Gasteiger partial charge >= 0.3 is 12.1 Å². The number of nitrogens with zero attached hydrogens (tertiary/aromatic N) is 2. The Morgan fingerprint density at radius 1 is 1.17 bits per heavy atom. The summed E-state index contributed by atoms with van der Waals surface area (Å²) in [4.78, 5) is 41.3. The van der Waals surface area contributed by atoms with E-state index in [1.807, 2.05) is 30.3 Å². The van der Waals surface area contributed by atoms with Crippen LogP contribution in [0.5, 0.6) is 0 Å². The second-order valence-electron chi connectivity index (χ2n) is 7.21. The van der Waals surface area contributed by atoms with E-state index in [-0.39, 0.29) is 25.2 Å². The van der Waals surface area contributed by atoms with Crippen molar-refractivity contribution in [3.05, 3.63) is 57.2 Å². The van der Waals surface area contributed by atoms with Crippen molar-refractivity contribution in [1.29, 1.82) is 0 Å². The number of rotatable bonds is 5. The molecule has 2 aliphatic heterocycles. The zero-order chi connectivity index (χ0) is 21.1. The molecule has 1 aromatic heterocycles. The van der Waals surface area contributed by atoms with Crippen molar-refractivity contribution in [1.82, 2.24) is 9.80 Å². The highest BCUT2D eigenvalue weighted by atomic mass is 35.5. The molecule has 1 aromatic carbocycles. The highest BCUT2D eigenvalue weighted by molar-refractivity contribution is 7.12. The van der Waals surface area contributed by atoms with E-state index in [2.05, 4.69) is 0 Å². The number of hydrogen-bond donors (Lipinski definition) is 0. The van der Waals surface area contributed by atoms with Gasteiger partial charge in [-0.2, -0.15) is 0 Å². The number of thiophene rings is 1. The smallest absolute Gasteiger partial charge is 0.410 e. The van der Waals surface area contributed by atoms with Crippen LogP contribution in [-0.4, -0.2) is 59.5 Å². The number of esters is 1. The van der Waals surface area contributed by atoms with Gasteiger partial charge in [0.15, 0.2) is 6.04 Å². The molecule has 0 bridgehead atoms. The zero-order valence-electron chi connectivity index (χ0n) is 16.2. The Hall–Kier alpha value is -2.58. The van der Waals surface area contributed by atoms with Crippen molar-refractivity contribution in [3.8, 4) is 0 Å². The van der Waals surface area contributed by atoms with Gasteiger partial charge in [-0.25, -0.2) is 9.59 Å². The third-order valence-corrected chi connectivity index (χ3v) is 6.69. The average molecular weight is 449 g/mol. The number of ether oxygens (including phenoxy) is 2. The number of carbonyl (C=O) groups is 3. The van der Waals surface area contributed by atoms with Gasteiger partial charge in [-0.1, -0.05) is 41.9 Å². The molecule has 2 amide bonds. The van der Waals surface area contributed by atoms with Crippen LogP contribution in [0.25, 0.3) is 0 Å². The molecule has 0 spiro atoms. The monoisotopic (exact) mass is 448 g/mol. The van der Waals surface area contributed by atoms with E-state index in [4.69, 9.17) is 21.1 Å². The number of cyclic esters (lactones) is 1. The molecular formula is C21H21ClN2O5S. The fourth-order valence-corrected chi connectivity index (χ4v) is 4.88. The summed E-state index contributed by atoms with van der Waals surface area (Å²) in [6.07, 6.45) is 0.612. The first-order chi connectivity index (χ1) is 14.5. The molecule has 4 rings (SSSR count). The normalized spacial score (nSPS) is 19.6. The van der Waals surface area contributed by atoms with Gasteiger partial charge < -0.3 is 14.4 Å². The van der Waals surface area contributed by atoms with Gasteiger partial charge in [0.25, 0.3) is 5.91 Å². The van der Waals surface area contributed by atoms with Crippen LogP contribution in [0.3, 0.4) is 0 Å². The Morgan fingerprint density at radius 3 is 2.57 bits per heavy atom. The minimum atomic E-state index is -0.764. The maximum atomic E-state index is 12.6. The highest BCUT2D eigenvalue weighted by Gasteiger charge is 2.44. The molecular weight excluding hydrogens is 428 g/mol. The first kappa shape index (κ1) is 20.7. The molecule has 158 valence electrons. The van der Waals surface area contributed by atoms with Crippen molar-refractivity contribution in [2.75, 3.05) is 19.7 Å². The Balaban J connectivity index is 1.35. The van der Waals surface area contributed by atoms with Crippen LogP contribution in [0, 0.1) is 0 Å². The molecule has 1 unspecified atom stereocenters. The lowest BCUT2D eigenvalue weighted by Gasteiger charge is -2.37. The number of carbonyl (C=O) groups excluding carboxylic acids is 3. The number of hydrogen-bond acceptors (Lipinski definition) is 6. The van der Waals surface area contributed by atoms with Crippen LogP contribution < -0.4 is 0 Å². The van der Waals surface area contributed by atoms with Crippen LogP contribution in [-0.2, 0) is 20.9 Å². The van der Waals surface area contributed by atoms with E-state index in [0.29, 0.717) is 35.8 Å². The van der Waals surface area contributed by atoms with Crippen molar-refractivity contribution < 1.29 is 23.9 Å². The largest absolute Gasteiger partial charge is 0.459 e. The molecule has 2 aliphatic rings. The molecule has 2 fully saturated rings. The molecule has 7 nitrogen and oxygen atoms in total. The summed E-state index contributed by atoms with van der Waals surface area (Å²) < 4.78 is 10.6. The third kappa shape index (κ3) is 4.29. The minimum Gasteiger partial charge on any atom is -0.459 e. The van der Waals surface area contributed by atoms with E-state index in [1.165, 1.54) is 16.2 Å². The summed E-state index contributed by atoms with van der Waals surface area (Å²) in [5, 5.41) is 2.24. The number of likely N-dealkylation sites (tertiary alicyclic amines) is 1. The van der Waals surface area contributed by atoms with Crippen LogP contribution in [0.15, 0.2) is 41.8 Å². The number of piperidine rings is 1. The molecule has 0 radical (unpaired) electrons. The van der Waals surface area contributed by atoms with Crippen LogP contribution >= 0.6 is 22.9 Å². The van der Waals surface area contributed by atoms with Crippen LogP contribution in [0.4, 0.5) is 4.79 Å². The maximum absolute atomic E-state index is 12.6. The zero-order valence-corrected chi connectivity index (χ0v) is 17.7. The quantitative estimate of drug-likeness (QED) is 0.653. The number of benzene rings is 1. The second-order valence-corrected chi connectivity index (χ2v) is 8.54. The standard InChI is InChI=1S/C21H21ClN2O5S/c22-16-8-11-30-18(16)19(25)23-9-6-15(7-10-23)24-17(13-29-21(24)27)20(26)28-12-14-4-2-1-3-5-14/h1-5,8,11,15,17H,6-7,9-10,12-13H2. The predicted octanol–water partition coefficient (Wildman–Crippen LogP) is 3.57. The Morgan fingerprint density at radius 2 is 1.90 bits per heavy atom. The lowest BCUT2D eigenvalue weighted by atomic mass is 10.0. The van der Waals surface area contributed by atoms with Gasteiger partial charge in [-0.05, 0) is 29.9 Å². The van der Waals surface area contributed by atoms with E-state index in [0.717, 1.165) is 5.56 Å². The van der Waals surface area contributed by atoms with Crippen molar-refractivity contribution in [3.63, 3.8) is 0 Å². The Bertz CT molecular complexity index is 926. The van der Waals surface area contributed by atoms with Gasteiger partial charge in [0.2, 0.25) is 0 Å². The lowest BCUT2D eigenvalue weighted by Crippen LogP contribution is -2.52. The fourth-order valence-electron chi connectivity index (χ4n) is 3.78. The van der Waals surface area contributed by atoms with Gasteiger partial charge in [0.05, 0.1) is 5.02 Å². The van der Waals surface area contributed by atoms with Gasteiger partial charge in [-0.15, -0.1) is 11.3 Å². The molecule has 0 saturated carbocycles. The third-order valence-electron chi connectivity index (χ3n) is 5.36. The summed E-state index contributed by atoms with van der Waals surface area (Å²) in [6.45, 7) is 1.09. The van der Waals surface area contributed by atoms with E-state index < -0.39 is 18.1 Å². The van der Waals surface area contributed by atoms with Crippen LogP contribution in [0.2, 0.25) is 5.02 Å². The minimum absolute atomic E-state index is 0.0175. The topological polar surface area (TPSA) is 76.2 Å². The molecule has 30 heavy (non-hydrogen) atoms. The Labute approximate surface area is 183 Å². The van der Waals surface area contributed by atoms with Gasteiger partial charge in [0.1, 0.15) is 18.1 Å². The van der Waals surface area contributed by atoms with Crippen molar-refractivity contribution >= 4 is 40.9 Å². The Kier molecular flexibility index (Phi) is 6.24. The first-order valence-electron chi connectivity index (χ1n) is 9.72. The van der Waals surface area contributed by atoms with Crippen LogP contribution in [0.1, 0.15) is 28.1 Å². The van der Waals surface area contributed by atoms with E-state index >= 15 is 0 Å². The van der Waals surface area contributed by atoms with Gasteiger partial charge in [0, 0.05) is 19.1 Å². The summed E-state index contributed by atoms with van der Waals surface area (Å²) in [5.41, 5.74) is 0.877. The fraction of sp³-hybridized carbons (Fsp3) is 0.381. The molecule has 3 heterocycles. The highest BCUT2D eigenvalue weighted by Crippen LogP contribution is 2.28. The van der Waals surface area contributed by atoms with Crippen molar-refractivity contribution in [2.45, 2.75) is 31.5 Å². The predicted molar refractivity (Wildman–Crippen MR) is 111 cm³/mol. The lowest BCUT2D eigenvalue weighted by molar-refractivity contribution is -0.150.